The van der Waals surface area contributed by atoms with E-state index in [9.17, 15) is 0 Å². The van der Waals surface area contributed by atoms with Gasteiger partial charge in [0.05, 0.1) is 12.8 Å². The van der Waals surface area contributed by atoms with Gasteiger partial charge in [0.1, 0.15) is 16.9 Å². The largest absolute Gasteiger partial charge is 0.495 e. The molecule has 4 nitrogen and oxygen atoms in total. The number of thiocarbonyl (C=S) groups is 1. The van der Waals surface area contributed by atoms with Crippen LogP contribution in [-0.4, -0.2) is 18.8 Å². The number of hydrogen-bond donors (Lipinski definition) is 2. The first-order valence-corrected chi connectivity index (χ1v) is 7.68. The summed E-state index contributed by atoms with van der Waals surface area (Å²) in [5.74, 6) is 0.712. The van der Waals surface area contributed by atoms with Crippen molar-refractivity contribution in [2.24, 2.45) is 0 Å². The van der Waals surface area contributed by atoms with Crippen LogP contribution in [0.15, 0.2) is 53.0 Å². The second-order valence-electron chi connectivity index (χ2n) is 5.41. The maximum atomic E-state index is 5.90. The number of methoxy groups -OCH3 is 1. The van der Waals surface area contributed by atoms with E-state index in [2.05, 4.69) is 17.2 Å². The molecular formula is C18H18N2O2S. The Morgan fingerprint density at radius 3 is 2.74 bits per heavy atom. The lowest BCUT2D eigenvalue weighted by molar-refractivity contribution is 0.417. The quantitative estimate of drug-likeness (QED) is 0.547. The molecule has 0 aliphatic heterocycles. The van der Waals surface area contributed by atoms with E-state index in [0.29, 0.717) is 17.4 Å². The molecule has 0 fully saturated rings. The fourth-order valence-electron chi connectivity index (χ4n) is 2.42. The first-order valence-electron chi connectivity index (χ1n) is 7.27. The van der Waals surface area contributed by atoms with E-state index in [4.69, 9.17) is 21.4 Å². The summed E-state index contributed by atoms with van der Waals surface area (Å²) in [4.78, 5) is 0. The number of fused-ring (bicyclic) bond motifs is 3. The van der Waals surface area contributed by atoms with E-state index >= 15 is 0 Å². The van der Waals surface area contributed by atoms with Gasteiger partial charge in [-0.2, -0.15) is 0 Å². The summed E-state index contributed by atoms with van der Waals surface area (Å²) in [6, 6.07) is 11.8. The summed E-state index contributed by atoms with van der Waals surface area (Å²) in [6.07, 6.45) is 0. The molecule has 118 valence electrons. The highest BCUT2D eigenvalue weighted by atomic mass is 32.1. The van der Waals surface area contributed by atoms with Gasteiger partial charge in [0.25, 0.3) is 0 Å². The SMILES string of the molecule is C=C(C)CNC(=S)Nc1cc2oc3ccccc3c2cc1OC. The molecule has 0 bridgehead atoms. The van der Waals surface area contributed by atoms with Crippen molar-refractivity contribution in [1.29, 1.82) is 0 Å². The Bertz CT molecular complexity index is 899. The van der Waals surface area contributed by atoms with Crippen molar-refractivity contribution >= 4 is 45.0 Å². The molecule has 0 atom stereocenters. The summed E-state index contributed by atoms with van der Waals surface area (Å²) in [5, 5.41) is 8.84. The van der Waals surface area contributed by atoms with Crippen molar-refractivity contribution in [3.8, 4) is 5.75 Å². The van der Waals surface area contributed by atoms with Crippen LogP contribution in [0.4, 0.5) is 5.69 Å². The number of benzene rings is 2. The van der Waals surface area contributed by atoms with Gasteiger partial charge in [-0.25, -0.2) is 0 Å². The molecule has 0 spiro atoms. The van der Waals surface area contributed by atoms with Crippen LogP contribution in [0.1, 0.15) is 6.92 Å². The molecule has 0 radical (unpaired) electrons. The zero-order chi connectivity index (χ0) is 16.4. The second-order valence-corrected chi connectivity index (χ2v) is 5.82. The first kappa shape index (κ1) is 15.4. The number of hydrogen-bond acceptors (Lipinski definition) is 3. The topological polar surface area (TPSA) is 46.4 Å². The summed E-state index contributed by atoms with van der Waals surface area (Å²) >= 11 is 5.30. The highest BCUT2D eigenvalue weighted by Gasteiger charge is 2.12. The lowest BCUT2D eigenvalue weighted by Crippen LogP contribution is -2.29. The molecule has 2 aromatic carbocycles. The van der Waals surface area contributed by atoms with Crippen LogP contribution < -0.4 is 15.4 Å². The first-order chi connectivity index (χ1) is 11.1. The number of anilines is 1. The monoisotopic (exact) mass is 326 g/mol. The molecule has 0 amide bonds. The van der Waals surface area contributed by atoms with Gasteiger partial charge in [-0.1, -0.05) is 30.4 Å². The minimum atomic E-state index is 0.516. The number of para-hydroxylation sites is 1. The molecule has 1 heterocycles. The Kier molecular flexibility index (Phi) is 4.21. The van der Waals surface area contributed by atoms with Crippen LogP contribution >= 0.6 is 12.2 Å². The number of rotatable bonds is 4. The van der Waals surface area contributed by atoms with Crippen molar-refractivity contribution < 1.29 is 9.15 Å². The molecule has 2 N–H and O–H groups in total. The molecule has 3 aromatic rings. The second kappa shape index (κ2) is 6.30. The molecule has 1 aromatic heterocycles. The minimum Gasteiger partial charge on any atom is -0.495 e. The van der Waals surface area contributed by atoms with E-state index < -0.39 is 0 Å². The van der Waals surface area contributed by atoms with Gasteiger partial charge in [0, 0.05) is 23.4 Å². The fourth-order valence-corrected chi connectivity index (χ4v) is 2.60. The Morgan fingerprint density at radius 2 is 2.00 bits per heavy atom. The van der Waals surface area contributed by atoms with E-state index in [1.165, 1.54) is 0 Å². The average Bonchev–Trinajstić information content (AvgIpc) is 2.89. The maximum Gasteiger partial charge on any atom is 0.171 e. The molecule has 0 unspecified atom stereocenters. The predicted molar refractivity (Wildman–Crippen MR) is 99.3 cm³/mol. The smallest absolute Gasteiger partial charge is 0.171 e. The highest BCUT2D eigenvalue weighted by molar-refractivity contribution is 7.80. The van der Waals surface area contributed by atoms with Crippen molar-refractivity contribution in [3.05, 3.63) is 48.6 Å². The van der Waals surface area contributed by atoms with Gasteiger partial charge < -0.3 is 19.8 Å². The molecule has 0 saturated heterocycles. The van der Waals surface area contributed by atoms with Gasteiger partial charge in [0.15, 0.2) is 5.11 Å². The van der Waals surface area contributed by atoms with Crippen molar-refractivity contribution in [2.45, 2.75) is 6.92 Å². The van der Waals surface area contributed by atoms with Gasteiger partial charge in [-0.05, 0) is 31.3 Å². The van der Waals surface area contributed by atoms with E-state index in [1.807, 2.05) is 43.3 Å². The zero-order valence-corrected chi connectivity index (χ0v) is 13.9. The Balaban J connectivity index is 1.98. The molecule has 5 heteroatoms. The number of ether oxygens (including phenoxy) is 1. The summed E-state index contributed by atoms with van der Waals surface area (Å²) in [5.41, 5.74) is 3.41. The van der Waals surface area contributed by atoms with Crippen LogP contribution in [0.3, 0.4) is 0 Å². The third kappa shape index (κ3) is 3.14. The highest BCUT2D eigenvalue weighted by Crippen LogP contribution is 2.36. The van der Waals surface area contributed by atoms with E-state index in [1.54, 1.807) is 7.11 Å². The van der Waals surface area contributed by atoms with Crippen molar-refractivity contribution in [1.82, 2.24) is 5.32 Å². The fraction of sp³-hybridized carbons (Fsp3) is 0.167. The Labute approximate surface area is 140 Å². The molecule has 0 aliphatic rings. The van der Waals surface area contributed by atoms with E-state index in [-0.39, 0.29) is 0 Å². The Morgan fingerprint density at radius 1 is 1.22 bits per heavy atom. The van der Waals surface area contributed by atoms with Crippen molar-refractivity contribution in [3.63, 3.8) is 0 Å². The van der Waals surface area contributed by atoms with Crippen LogP contribution in [0.2, 0.25) is 0 Å². The summed E-state index contributed by atoms with van der Waals surface area (Å²) in [6.45, 7) is 6.41. The maximum absolute atomic E-state index is 5.90. The van der Waals surface area contributed by atoms with Crippen LogP contribution in [0.5, 0.6) is 5.75 Å². The summed E-state index contributed by atoms with van der Waals surface area (Å²) < 4.78 is 11.4. The number of nitrogens with one attached hydrogen (secondary N) is 2. The number of furan rings is 1. The normalized spacial score (nSPS) is 10.7. The molecule has 23 heavy (non-hydrogen) atoms. The third-order valence-corrected chi connectivity index (χ3v) is 3.74. The Hall–Kier alpha value is -2.53. The standard InChI is InChI=1S/C18H18N2O2S/c1-11(2)10-19-18(23)20-14-9-16-13(8-17(14)21-3)12-6-4-5-7-15(12)22-16/h4-9H,1,10H2,2-3H3,(H2,19,20,23). The average molecular weight is 326 g/mol. The van der Waals surface area contributed by atoms with Gasteiger partial charge in [-0.15, -0.1) is 0 Å². The van der Waals surface area contributed by atoms with Crippen LogP contribution in [0, 0.1) is 0 Å². The molecule has 3 rings (SSSR count). The van der Waals surface area contributed by atoms with Gasteiger partial charge in [0.2, 0.25) is 0 Å². The van der Waals surface area contributed by atoms with Gasteiger partial charge in [-0.3, -0.25) is 0 Å². The molecular weight excluding hydrogens is 308 g/mol. The third-order valence-electron chi connectivity index (χ3n) is 3.50. The zero-order valence-electron chi connectivity index (χ0n) is 13.1. The lowest BCUT2D eigenvalue weighted by Gasteiger charge is -2.13. The van der Waals surface area contributed by atoms with Crippen molar-refractivity contribution in [2.75, 3.05) is 19.0 Å². The van der Waals surface area contributed by atoms with Gasteiger partial charge >= 0.3 is 0 Å². The molecule has 0 aliphatic carbocycles. The predicted octanol–water partition coefficient (Wildman–Crippen LogP) is 4.46. The molecule has 0 saturated carbocycles. The van der Waals surface area contributed by atoms with Crippen LogP contribution in [-0.2, 0) is 0 Å². The van der Waals surface area contributed by atoms with Crippen LogP contribution in [0.25, 0.3) is 21.9 Å². The minimum absolute atomic E-state index is 0.516. The van der Waals surface area contributed by atoms with E-state index in [0.717, 1.165) is 33.2 Å². The summed E-state index contributed by atoms with van der Waals surface area (Å²) in [7, 11) is 1.64. The lowest BCUT2D eigenvalue weighted by atomic mass is 10.1.